The van der Waals surface area contributed by atoms with Crippen LogP contribution in [0, 0.1) is 6.92 Å². The lowest BCUT2D eigenvalue weighted by atomic mass is 10.2. The maximum absolute atomic E-state index is 12.1. The van der Waals surface area contributed by atoms with Gasteiger partial charge in [0.25, 0.3) is 0 Å². The highest BCUT2D eigenvalue weighted by atomic mass is 16.1. The molecule has 0 radical (unpaired) electrons. The molecule has 0 bridgehead atoms. The first-order chi connectivity index (χ1) is 11.2. The highest BCUT2D eigenvalue weighted by Crippen LogP contribution is 2.02. The summed E-state index contributed by atoms with van der Waals surface area (Å²) in [5.41, 5.74) is 7.47. The Balaban J connectivity index is 1.67. The maximum Gasteiger partial charge on any atom is 0.357 e. The molecule has 0 aliphatic rings. The van der Waals surface area contributed by atoms with Gasteiger partial charge in [0.15, 0.2) is 0 Å². The zero-order valence-electron chi connectivity index (χ0n) is 12.6. The van der Waals surface area contributed by atoms with E-state index in [1.165, 1.54) is 10.9 Å². The van der Waals surface area contributed by atoms with Crippen molar-refractivity contribution >= 4 is 5.95 Å². The van der Waals surface area contributed by atoms with Gasteiger partial charge in [0.05, 0.1) is 0 Å². The fraction of sp³-hybridized carbons (Fsp3) is 0.125. The fourth-order valence-corrected chi connectivity index (χ4v) is 1.98. The van der Waals surface area contributed by atoms with E-state index in [2.05, 4.69) is 25.8 Å². The van der Waals surface area contributed by atoms with Gasteiger partial charge >= 0.3 is 5.69 Å². The molecule has 23 heavy (non-hydrogen) atoms. The zero-order valence-corrected chi connectivity index (χ0v) is 12.6. The van der Waals surface area contributed by atoms with E-state index in [4.69, 9.17) is 0 Å². The standard InChI is InChI=1S/C16H16N6O/c1-12-7-8-14(17-9-12)22-11-18-15(20-16(22)23)21-19-10-13-5-3-2-4-6-13/h2-9,11,19H,10H2,1H3,(H,20,21,23). The Morgan fingerprint density at radius 3 is 2.61 bits per heavy atom. The van der Waals surface area contributed by atoms with Crippen LogP contribution in [-0.2, 0) is 6.54 Å². The summed E-state index contributed by atoms with van der Waals surface area (Å²) in [7, 11) is 0. The van der Waals surface area contributed by atoms with E-state index in [1.807, 2.05) is 43.3 Å². The second-order valence-electron chi connectivity index (χ2n) is 4.99. The van der Waals surface area contributed by atoms with E-state index in [-0.39, 0.29) is 5.95 Å². The van der Waals surface area contributed by atoms with Gasteiger partial charge in [0.2, 0.25) is 5.95 Å². The van der Waals surface area contributed by atoms with Gasteiger partial charge in [-0.2, -0.15) is 4.98 Å². The molecule has 0 saturated carbocycles. The van der Waals surface area contributed by atoms with Crippen LogP contribution in [0.5, 0.6) is 0 Å². The van der Waals surface area contributed by atoms with E-state index in [9.17, 15) is 4.79 Å². The van der Waals surface area contributed by atoms with Gasteiger partial charge in [-0.15, -0.1) is 0 Å². The maximum atomic E-state index is 12.1. The van der Waals surface area contributed by atoms with Gasteiger partial charge < -0.3 is 0 Å². The van der Waals surface area contributed by atoms with Crippen LogP contribution < -0.4 is 16.5 Å². The third-order valence-electron chi connectivity index (χ3n) is 3.18. The number of hydrogen-bond donors (Lipinski definition) is 2. The van der Waals surface area contributed by atoms with Gasteiger partial charge in [-0.1, -0.05) is 36.4 Å². The number of nitrogens with one attached hydrogen (secondary N) is 2. The molecule has 3 rings (SSSR count). The minimum absolute atomic E-state index is 0.217. The van der Waals surface area contributed by atoms with Crippen molar-refractivity contribution in [3.63, 3.8) is 0 Å². The zero-order chi connectivity index (χ0) is 16.1. The Kier molecular flexibility index (Phi) is 4.39. The number of rotatable bonds is 5. The molecule has 0 amide bonds. The number of aryl methyl sites for hydroxylation is 1. The van der Waals surface area contributed by atoms with Crippen molar-refractivity contribution in [3.8, 4) is 5.82 Å². The van der Waals surface area contributed by atoms with Gasteiger partial charge in [-0.05, 0) is 24.1 Å². The summed E-state index contributed by atoms with van der Waals surface area (Å²) in [5.74, 6) is 0.707. The van der Waals surface area contributed by atoms with Crippen molar-refractivity contribution in [1.82, 2.24) is 24.9 Å². The normalized spacial score (nSPS) is 10.5. The number of aromatic nitrogens is 4. The van der Waals surface area contributed by atoms with Crippen LogP contribution in [-0.4, -0.2) is 19.5 Å². The van der Waals surface area contributed by atoms with Crippen LogP contribution in [0.1, 0.15) is 11.1 Å². The second-order valence-corrected chi connectivity index (χ2v) is 4.99. The second kappa shape index (κ2) is 6.80. The first-order valence-corrected chi connectivity index (χ1v) is 7.14. The number of hydrazine groups is 1. The van der Waals surface area contributed by atoms with Crippen molar-refractivity contribution in [2.24, 2.45) is 0 Å². The molecule has 2 heterocycles. The minimum atomic E-state index is -0.444. The predicted molar refractivity (Wildman–Crippen MR) is 87.1 cm³/mol. The Morgan fingerprint density at radius 2 is 1.91 bits per heavy atom. The number of nitrogens with zero attached hydrogens (tertiary/aromatic N) is 4. The monoisotopic (exact) mass is 308 g/mol. The van der Waals surface area contributed by atoms with Crippen molar-refractivity contribution in [2.75, 3.05) is 5.43 Å². The van der Waals surface area contributed by atoms with Gasteiger partial charge in [0.1, 0.15) is 12.1 Å². The van der Waals surface area contributed by atoms with Gasteiger partial charge in [-0.3, -0.25) is 5.43 Å². The number of benzene rings is 1. The lowest BCUT2D eigenvalue weighted by molar-refractivity contribution is 0.763. The summed E-state index contributed by atoms with van der Waals surface area (Å²) in [6.07, 6.45) is 3.09. The molecule has 2 N–H and O–H groups in total. The first kappa shape index (κ1) is 14.9. The van der Waals surface area contributed by atoms with Crippen LogP contribution in [0.3, 0.4) is 0 Å². The minimum Gasteiger partial charge on any atom is -0.289 e. The molecule has 0 aliphatic carbocycles. The Bertz CT molecular complexity index is 829. The van der Waals surface area contributed by atoms with Gasteiger partial charge in [-0.25, -0.2) is 24.8 Å². The number of pyridine rings is 1. The van der Waals surface area contributed by atoms with Crippen LogP contribution in [0.15, 0.2) is 59.8 Å². The molecular weight excluding hydrogens is 292 g/mol. The summed E-state index contributed by atoms with van der Waals surface area (Å²) in [6, 6.07) is 13.5. The smallest absolute Gasteiger partial charge is 0.289 e. The quantitative estimate of drug-likeness (QED) is 0.694. The molecular formula is C16H16N6O. The van der Waals surface area contributed by atoms with Crippen molar-refractivity contribution in [1.29, 1.82) is 0 Å². The fourth-order valence-electron chi connectivity index (χ4n) is 1.98. The topological polar surface area (TPSA) is 84.7 Å². The molecule has 7 heteroatoms. The number of anilines is 1. The third-order valence-corrected chi connectivity index (χ3v) is 3.18. The predicted octanol–water partition coefficient (Wildman–Crippen LogP) is 1.45. The van der Waals surface area contributed by atoms with Gasteiger partial charge in [0, 0.05) is 12.7 Å². The van der Waals surface area contributed by atoms with Crippen LogP contribution in [0.2, 0.25) is 0 Å². The largest absolute Gasteiger partial charge is 0.357 e. The van der Waals surface area contributed by atoms with E-state index in [0.29, 0.717) is 12.4 Å². The molecule has 0 saturated heterocycles. The van der Waals surface area contributed by atoms with E-state index in [1.54, 1.807) is 12.3 Å². The first-order valence-electron chi connectivity index (χ1n) is 7.14. The SMILES string of the molecule is Cc1ccc(-n2cnc(NNCc3ccccc3)nc2=O)nc1. The number of hydrogen-bond acceptors (Lipinski definition) is 6. The van der Waals surface area contributed by atoms with Crippen LogP contribution >= 0.6 is 0 Å². The summed E-state index contributed by atoms with van der Waals surface area (Å²) >= 11 is 0. The lowest BCUT2D eigenvalue weighted by Gasteiger charge is -2.08. The molecule has 0 spiro atoms. The summed E-state index contributed by atoms with van der Waals surface area (Å²) in [4.78, 5) is 24.2. The average molecular weight is 308 g/mol. The third kappa shape index (κ3) is 3.78. The van der Waals surface area contributed by atoms with Crippen molar-refractivity contribution in [2.45, 2.75) is 13.5 Å². The van der Waals surface area contributed by atoms with E-state index >= 15 is 0 Å². The van der Waals surface area contributed by atoms with Crippen LogP contribution in [0.25, 0.3) is 5.82 Å². The van der Waals surface area contributed by atoms with Crippen molar-refractivity contribution in [3.05, 3.63) is 76.6 Å². The molecule has 0 unspecified atom stereocenters. The highest BCUT2D eigenvalue weighted by molar-refractivity contribution is 5.26. The lowest BCUT2D eigenvalue weighted by Crippen LogP contribution is -2.28. The van der Waals surface area contributed by atoms with Crippen LogP contribution in [0.4, 0.5) is 5.95 Å². The molecule has 2 aromatic heterocycles. The Hall–Kier alpha value is -3.06. The summed E-state index contributed by atoms with van der Waals surface area (Å²) < 4.78 is 1.29. The summed E-state index contributed by atoms with van der Waals surface area (Å²) in [6.45, 7) is 2.52. The molecule has 1 aromatic carbocycles. The molecule has 0 fully saturated rings. The molecule has 0 aliphatic heterocycles. The van der Waals surface area contributed by atoms with E-state index in [0.717, 1.165) is 11.1 Å². The Morgan fingerprint density at radius 1 is 1.09 bits per heavy atom. The Labute approximate surface area is 133 Å². The van der Waals surface area contributed by atoms with E-state index < -0.39 is 5.69 Å². The molecule has 7 nitrogen and oxygen atoms in total. The highest BCUT2D eigenvalue weighted by Gasteiger charge is 2.04. The average Bonchev–Trinajstić information content (AvgIpc) is 2.57. The summed E-state index contributed by atoms with van der Waals surface area (Å²) in [5, 5.41) is 0. The molecule has 116 valence electrons. The molecule has 3 aromatic rings. The van der Waals surface area contributed by atoms with Crippen molar-refractivity contribution < 1.29 is 0 Å². The molecule has 0 atom stereocenters.